The number of hydrogen-bond donors (Lipinski definition) is 1. The van der Waals surface area contributed by atoms with E-state index in [1.165, 1.54) is 55.2 Å². The maximum atomic E-state index is 6.18. The molecular weight excluding hydrogens is 389 g/mol. The highest BCUT2D eigenvalue weighted by molar-refractivity contribution is 6.42. The van der Waals surface area contributed by atoms with Crippen LogP contribution in [0, 0.1) is 5.92 Å². The molecule has 2 aliphatic carbocycles. The first-order valence-corrected chi connectivity index (χ1v) is 11.3. The monoisotopic (exact) mass is 417 g/mol. The molecule has 0 heterocycles. The fraction of sp³-hybridized carbons (Fsp3) is 0.500. The van der Waals surface area contributed by atoms with Gasteiger partial charge in [-0.15, -0.1) is 0 Å². The lowest BCUT2D eigenvalue weighted by atomic mass is 9.68. The molecule has 2 aliphatic rings. The van der Waals surface area contributed by atoms with Crippen LogP contribution < -0.4 is 10.1 Å². The van der Waals surface area contributed by atoms with Crippen LogP contribution in [0.1, 0.15) is 54.7 Å². The van der Waals surface area contributed by atoms with E-state index in [-0.39, 0.29) is 0 Å². The molecule has 150 valence electrons. The number of methoxy groups -OCH3 is 1. The van der Waals surface area contributed by atoms with Crippen molar-refractivity contribution in [1.82, 2.24) is 5.32 Å². The van der Waals surface area contributed by atoms with E-state index in [0.29, 0.717) is 22.0 Å². The number of ether oxygens (including phenoxy) is 1. The van der Waals surface area contributed by atoms with Crippen LogP contribution in [0.5, 0.6) is 5.75 Å². The standard InChI is InChI=1S/C24H29Cl2NO/c1-28-19-9-8-17-14-18-5-3-2-4-6-20(21(17)15-19)24(18)27-12-11-16-7-10-22(25)23(26)13-16/h7-10,13,15,18,20,24,27H,2-6,11-12,14H2,1H3/t18-,20+,24-/m0/s1. The van der Waals surface area contributed by atoms with Crippen molar-refractivity contribution < 1.29 is 4.74 Å². The van der Waals surface area contributed by atoms with Crippen molar-refractivity contribution in [2.24, 2.45) is 5.92 Å². The summed E-state index contributed by atoms with van der Waals surface area (Å²) in [7, 11) is 1.76. The number of rotatable bonds is 5. The minimum atomic E-state index is 0.544. The Morgan fingerprint density at radius 2 is 1.86 bits per heavy atom. The molecule has 0 amide bonds. The molecule has 2 nitrogen and oxygen atoms in total. The normalized spacial score (nSPS) is 24.2. The smallest absolute Gasteiger partial charge is 0.119 e. The first-order chi connectivity index (χ1) is 13.7. The van der Waals surface area contributed by atoms with E-state index in [0.717, 1.165) is 24.6 Å². The van der Waals surface area contributed by atoms with Crippen molar-refractivity contribution in [2.45, 2.75) is 56.9 Å². The molecule has 0 radical (unpaired) electrons. The maximum absolute atomic E-state index is 6.18. The van der Waals surface area contributed by atoms with E-state index >= 15 is 0 Å². The molecule has 3 atom stereocenters. The van der Waals surface area contributed by atoms with Crippen LogP contribution >= 0.6 is 23.2 Å². The quantitative estimate of drug-likeness (QED) is 0.605. The van der Waals surface area contributed by atoms with Gasteiger partial charge in [0.1, 0.15) is 5.75 Å². The van der Waals surface area contributed by atoms with Crippen molar-refractivity contribution >= 4 is 23.2 Å². The van der Waals surface area contributed by atoms with E-state index in [9.17, 15) is 0 Å². The molecule has 0 unspecified atom stereocenters. The second kappa shape index (κ2) is 9.07. The van der Waals surface area contributed by atoms with E-state index in [4.69, 9.17) is 27.9 Å². The summed E-state index contributed by atoms with van der Waals surface area (Å²) in [6.07, 6.45) is 8.78. The van der Waals surface area contributed by atoms with Gasteiger partial charge in [-0.2, -0.15) is 0 Å². The molecule has 0 saturated heterocycles. The van der Waals surface area contributed by atoms with Crippen LogP contribution in [0.2, 0.25) is 10.0 Å². The Morgan fingerprint density at radius 1 is 1.00 bits per heavy atom. The van der Waals surface area contributed by atoms with Crippen molar-refractivity contribution in [1.29, 1.82) is 0 Å². The third-order valence-electron chi connectivity index (χ3n) is 6.54. The molecule has 0 spiro atoms. The molecule has 0 aromatic heterocycles. The summed E-state index contributed by atoms with van der Waals surface area (Å²) in [4.78, 5) is 0. The Hall–Kier alpha value is -1.22. The van der Waals surface area contributed by atoms with Gasteiger partial charge in [-0.1, -0.05) is 54.6 Å². The highest BCUT2D eigenvalue weighted by Gasteiger charge is 2.36. The average Bonchev–Trinajstić information content (AvgIpc) is 2.70. The van der Waals surface area contributed by atoms with Crippen molar-refractivity contribution in [3.63, 3.8) is 0 Å². The van der Waals surface area contributed by atoms with Gasteiger partial charge in [0.05, 0.1) is 17.2 Å². The zero-order chi connectivity index (χ0) is 19.5. The number of halogens is 2. The molecule has 2 bridgehead atoms. The molecule has 2 aromatic carbocycles. The van der Waals surface area contributed by atoms with Gasteiger partial charge < -0.3 is 10.1 Å². The number of hydrogen-bond acceptors (Lipinski definition) is 2. The lowest BCUT2D eigenvalue weighted by Crippen LogP contribution is -2.46. The summed E-state index contributed by atoms with van der Waals surface area (Å²) in [6.45, 7) is 0.967. The molecule has 1 N–H and O–H groups in total. The predicted molar refractivity (Wildman–Crippen MR) is 118 cm³/mol. The average molecular weight is 418 g/mol. The second-order valence-electron chi connectivity index (χ2n) is 8.25. The van der Waals surface area contributed by atoms with Gasteiger partial charge >= 0.3 is 0 Å². The Morgan fingerprint density at radius 3 is 2.68 bits per heavy atom. The summed E-state index contributed by atoms with van der Waals surface area (Å²) < 4.78 is 5.53. The third-order valence-corrected chi connectivity index (χ3v) is 7.28. The maximum Gasteiger partial charge on any atom is 0.119 e. The van der Waals surface area contributed by atoms with Gasteiger partial charge in [0.15, 0.2) is 0 Å². The second-order valence-corrected chi connectivity index (χ2v) is 9.07. The molecular formula is C24H29Cl2NO. The lowest BCUT2D eigenvalue weighted by Gasteiger charge is -2.42. The molecule has 4 rings (SSSR count). The minimum absolute atomic E-state index is 0.544. The third kappa shape index (κ3) is 4.35. The zero-order valence-electron chi connectivity index (χ0n) is 16.5. The van der Waals surface area contributed by atoms with Crippen LogP contribution in [0.3, 0.4) is 0 Å². The minimum Gasteiger partial charge on any atom is -0.497 e. The van der Waals surface area contributed by atoms with Crippen LogP contribution in [0.25, 0.3) is 0 Å². The molecule has 4 heteroatoms. The predicted octanol–water partition coefficient (Wildman–Crippen LogP) is 6.42. The van der Waals surface area contributed by atoms with E-state index in [2.05, 4.69) is 29.6 Å². The molecule has 1 saturated carbocycles. The number of fused-ring (bicyclic) bond motifs is 4. The van der Waals surface area contributed by atoms with Gasteiger partial charge in [-0.25, -0.2) is 0 Å². The Bertz CT molecular complexity index is 822. The lowest BCUT2D eigenvalue weighted by molar-refractivity contribution is 0.237. The fourth-order valence-corrected chi connectivity index (χ4v) is 5.43. The van der Waals surface area contributed by atoms with E-state index < -0.39 is 0 Å². The van der Waals surface area contributed by atoms with Gasteiger partial charge in [-0.05, 0) is 85.0 Å². The first kappa shape index (κ1) is 20.1. The van der Waals surface area contributed by atoms with Crippen LogP contribution in [0.4, 0.5) is 0 Å². The van der Waals surface area contributed by atoms with Gasteiger partial charge in [0.2, 0.25) is 0 Å². The van der Waals surface area contributed by atoms with Gasteiger partial charge in [0.25, 0.3) is 0 Å². The largest absolute Gasteiger partial charge is 0.497 e. The summed E-state index contributed by atoms with van der Waals surface area (Å²) in [5.41, 5.74) is 4.27. The van der Waals surface area contributed by atoms with Gasteiger partial charge in [-0.3, -0.25) is 0 Å². The highest BCUT2D eigenvalue weighted by atomic mass is 35.5. The van der Waals surface area contributed by atoms with Crippen LogP contribution in [0.15, 0.2) is 36.4 Å². The van der Waals surface area contributed by atoms with Crippen LogP contribution in [-0.4, -0.2) is 19.7 Å². The first-order valence-electron chi connectivity index (χ1n) is 10.5. The molecule has 1 fully saturated rings. The van der Waals surface area contributed by atoms with Crippen LogP contribution in [-0.2, 0) is 12.8 Å². The van der Waals surface area contributed by atoms with E-state index in [1.54, 1.807) is 7.11 Å². The molecule has 2 aromatic rings. The SMILES string of the molecule is COc1ccc2c(c1)[C@H]1CCCCC[C@@H](C2)[C@@H]1NCCc1ccc(Cl)c(Cl)c1. The van der Waals surface area contributed by atoms with Crippen molar-refractivity contribution in [3.05, 3.63) is 63.1 Å². The Kier molecular flexibility index (Phi) is 6.50. The summed E-state index contributed by atoms with van der Waals surface area (Å²) in [5, 5.41) is 5.20. The van der Waals surface area contributed by atoms with Gasteiger partial charge in [0, 0.05) is 6.04 Å². The highest BCUT2D eigenvalue weighted by Crippen LogP contribution is 2.43. The van der Waals surface area contributed by atoms with E-state index in [1.807, 2.05) is 12.1 Å². The molecule has 0 aliphatic heterocycles. The summed E-state index contributed by atoms with van der Waals surface area (Å²) >= 11 is 12.2. The Labute approximate surface area is 178 Å². The number of benzene rings is 2. The van der Waals surface area contributed by atoms with Crippen molar-refractivity contribution in [2.75, 3.05) is 13.7 Å². The summed E-state index contributed by atoms with van der Waals surface area (Å²) in [6, 6.07) is 13.2. The summed E-state index contributed by atoms with van der Waals surface area (Å²) in [5.74, 6) is 2.28. The van der Waals surface area contributed by atoms with Crippen molar-refractivity contribution in [3.8, 4) is 5.75 Å². The Balaban J connectivity index is 1.51. The zero-order valence-corrected chi connectivity index (χ0v) is 18.0. The topological polar surface area (TPSA) is 21.3 Å². The fourth-order valence-electron chi connectivity index (χ4n) is 5.11. The number of nitrogens with one attached hydrogen (secondary N) is 1. The molecule has 28 heavy (non-hydrogen) atoms.